The van der Waals surface area contributed by atoms with Crippen LogP contribution in [0.2, 0.25) is 5.02 Å². The quantitative estimate of drug-likeness (QED) is 0.235. The van der Waals surface area contributed by atoms with Crippen molar-refractivity contribution in [2.45, 2.75) is 72.3 Å². The number of aliphatic carboxylic acids is 1. The molecule has 0 spiro atoms. The van der Waals surface area contributed by atoms with E-state index in [9.17, 15) is 9.90 Å². The van der Waals surface area contributed by atoms with Gasteiger partial charge in [0.2, 0.25) is 5.95 Å². The summed E-state index contributed by atoms with van der Waals surface area (Å²) >= 11 is 7.73. The van der Waals surface area contributed by atoms with E-state index in [4.69, 9.17) is 26.3 Å². The molecule has 2 aromatic heterocycles. The third kappa shape index (κ3) is 6.29. The second-order valence-corrected chi connectivity index (χ2v) is 13.6. The average molecular weight is 608 g/mol. The molecule has 0 unspecified atom stereocenters. The molecule has 4 aromatic rings. The fourth-order valence-corrected chi connectivity index (χ4v) is 6.91. The number of hydrogen-bond donors (Lipinski definition) is 1. The smallest absolute Gasteiger partial charge is 0.337 e. The summed E-state index contributed by atoms with van der Waals surface area (Å²) in [6.07, 6.45) is 0.625. The zero-order valence-electron chi connectivity index (χ0n) is 25.2. The van der Waals surface area contributed by atoms with Gasteiger partial charge in [0, 0.05) is 54.1 Å². The standard InChI is InChI=1S/C32H38ClN5O3S/c1-18(2)38-15-14-37(17-20(38)4)31-34-13-12-23(36-31)29-35-24-16-19(3)25(27(30(39)40)41-32(5,6)7)26(28(24)42-29)21-8-10-22(33)11-9-21/h8-13,16,18,20,27H,14-15,17H2,1-7H3,(H,39,40)/t20-,27-/m0/s1. The van der Waals surface area contributed by atoms with E-state index in [-0.39, 0.29) is 0 Å². The maximum Gasteiger partial charge on any atom is 0.337 e. The number of rotatable bonds is 7. The van der Waals surface area contributed by atoms with E-state index in [0.29, 0.717) is 28.6 Å². The van der Waals surface area contributed by atoms with E-state index in [0.717, 1.165) is 57.2 Å². The number of fused-ring (bicyclic) bond motifs is 1. The van der Waals surface area contributed by atoms with Crippen molar-refractivity contribution < 1.29 is 14.6 Å². The summed E-state index contributed by atoms with van der Waals surface area (Å²) in [5.41, 5.74) is 3.89. The molecule has 0 aliphatic carbocycles. The molecule has 0 radical (unpaired) electrons. The van der Waals surface area contributed by atoms with E-state index in [1.54, 1.807) is 6.20 Å². The normalized spacial score (nSPS) is 17.3. The number of piperazine rings is 1. The molecule has 1 aliphatic rings. The second-order valence-electron chi connectivity index (χ2n) is 12.2. The highest BCUT2D eigenvalue weighted by Crippen LogP contribution is 2.44. The first-order valence-corrected chi connectivity index (χ1v) is 15.5. The van der Waals surface area contributed by atoms with Gasteiger partial charge in [-0.3, -0.25) is 4.90 Å². The number of benzene rings is 2. The summed E-state index contributed by atoms with van der Waals surface area (Å²) in [4.78, 5) is 31.9. The molecule has 1 N–H and O–H groups in total. The predicted molar refractivity (Wildman–Crippen MR) is 171 cm³/mol. The van der Waals surface area contributed by atoms with Crippen LogP contribution in [0.1, 0.15) is 58.8 Å². The third-order valence-corrected chi connectivity index (χ3v) is 8.87. The molecule has 2 aromatic carbocycles. The zero-order chi connectivity index (χ0) is 30.3. The SMILES string of the molecule is Cc1cc2nc(-c3ccnc(N4CCN(C(C)C)[C@@H](C)C4)n3)sc2c(-c2ccc(Cl)cc2)c1[C@H](OC(C)(C)C)C(=O)O. The molecule has 5 rings (SSSR count). The second kappa shape index (κ2) is 11.9. The Bertz CT molecular complexity index is 1600. The lowest BCUT2D eigenvalue weighted by Gasteiger charge is -2.42. The molecule has 42 heavy (non-hydrogen) atoms. The molecule has 2 atom stereocenters. The summed E-state index contributed by atoms with van der Waals surface area (Å²) in [5.74, 6) is -0.346. The largest absolute Gasteiger partial charge is 0.479 e. The molecular formula is C32H38ClN5O3S. The first kappa shape index (κ1) is 30.4. The predicted octanol–water partition coefficient (Wildman–Crippen LogP) is 7.24. The van der Waals surface area contributed by atoms with Crippen molar-refractivity contribution in [1.82, 2.24) is 19.9 Å². The number of thiazole rings is 1. The Hall–Kier alpha value is -3.11. The Kier molecular flexibility index (Phi) is 8.58. The lowest BCUT2D eigenvalue weighted by Crippen LogP contribution is -2.54. The van der Waals surface area contributed by atoms with Gasteiger partial charge in [0.05, 0.1) is 15.8 Å². The highest BCUT2D eigenvalue weighted by Gasteiger charge is 2.33. The summed E-state index contributed by atoms with van der Waals surface area (Å²) in [7, 11) is 0. The van der Waals surface area contributed by atoms with Gasteiger partial charge in [-0.1, -0.05) is 23.7 Å². The van der Waals surface area contributed by atoms with Gasteiger partial charge in [-0.15, -0.1) is 11.3 Å². The van der Waals surface area contributed by atoms with Gasteiger partial charge < -0.3 is 14.7 Å². The molecule has 1 saturated heterocycles. The topological polar surface area (TPSA) is 91.7 Å². The van der Waals surface area contributed by atoms with Gasteiger partial charge in [-0.2, -0.15) is 0 Å². The van der Waals surface area contributed by atoms with Crippen LogP contribution in [0.3, 0.4) is 0 Å². The van der Waals surface area contributed by atoms with E-state index < -0.39 is 17.7 Å². The fraction of sp³-hybridized carbons (Fsp3) is 0.438. The molecule has 0 bridgehead atoms. The number of hydrogen-bond acceptors (Lipinski definition) is 8. The molecule has 0 saturated carbocycles. The van der Waals surface area contributed by atoms with Gasteiger partial charge in [-0.05, 0) is 83.9 Å². The maximum atomic E-state index is 12.6. The molecule has 3 heterocycles. The number of nitrogens with zero attached hydrogens (tertiary/aromatic N) is 5. The van der Waals surface area contributed by atoms with Gasteiger partial charge in [-0.25, -0.2) is 19.7 Å². The van der Waals surface area contributed by atoms with Crippen LogP contribution in [0.25, 0.3) is 32.0 Å². The van der Waals surface area contributed by atoms with E-state index >= 15 is 0 Å². The van der Waals surface area contributed by atoms with Crippen molar-refractivity contribution in [3.8, 4) is 21.8 Å². The fourth-order valence-electron chi connectivity index (χ4n) is 5.69. The maximum absolute atomic E-state index is 12.6. The zero-order valence-corrected chi connectivity index (χ0v) is 26.8. The van der Waals surface area contributed by atoms with Gasteiger partial charge in [0.15, 0.2) is 6.10 Å². The molecule has 1 fully saturated rings. The Balaban J connectivity index is 1.62. The Morgan fingerprint density at radius 1 is 1.14 bits per heavy atom. The molecule has 10 heteroatoms. The van der Waals surface area contributed by atoms with E-state index in [2.05, 4.69) is 35.6 Å². The molecule has 0 amide bonds. The van der Waals surface area contributed by atoms with Crippen molar-refractivity contribution in [2.24, 2.45) is 0 Å². The van der Waals surface area contributed by atoms with Crippen molar-refractivity contribution in [3.05, 3.63) is 58.7 Å². The van der Waals surface area contributed by atoms with Gasteiger partial charge in [0.25, 0.3) is 0 Å². The number of halogens is 1. The first-order chi connectivity index (χ1) is 19.8. The number of carbonyl (C=O) groups is 1. The van der Waals surface area contributed by atoms with Crippen LogP contribution in [0.5, 0.6) is 0 Å². The summed E-state index contributed by atoms with van der Waals surface area (Å²) in [6, 6.07) is 12.2. The number of carboxylic acid groups (broad SMARTS) is 1. The average Bonchev–Trinajstić information content (AvgIpc) is 3.34. The van der Waals surface area contributed by atoms with Gasteiger partial charge >= 0.3 is 5.97 Å². The lowest BCUT2D eigenvalue weighted by molar-refractivity contribution is -0.160. The third-order valence-electron chi connectivity index (χ3n) is 7.51. The molecule has 8 nitrogen and oxygen atoms in total. The lowest BCUT2D eigenvalue weighted by atomic mass is 9.91. The molecule has 1 aliphatic heterocycles. The summed E-state index contributed by atoms with van der Waals surface area (Å²) in [5, 5.41) is 11.7. The minimum atomic E-state index is -1.16. The van der Waals surface area contributed by atoms with Crippen molar-refractivity contribution >= 4 is 45.1 Å². The summed E-state index contributed by atoms with van der Waals surface area (Å²) < 4.78 is 7.01. The van der Waals surface area contributed by atoms with Crippen LogP contribution < -0.4 is 4.90 Å². The van der Waals surface area contributed by atoms with Crippen molar-refractivity contribution in [1.29, 1.82) is 0 Å². The summed E-state index contributed by atoms with van der Waals surface area (Å²) in [6.45, 7) is 16.9. The minimum Gasteiger partial charge on any atom is -0.479 e. The van der Waals surface area contributed by atoms with Crippen LogP contribution in [-0.2, 0) is 9.53 Å². The molecular weight excluding hydrogens is 570 g/mol. The first-order valence-electron chi connectivity index (χ1n) is 14.3. The number of anilines is 1. The van der Waals surface area contributed by atoms with Crippen LogP contribution in [-0.4, -0.2) is 68.2 Å². The van der Waals surface area contributed by atoms with Crippen LogP contribution in [0.4, 0.5) is 5.95 Å². The number of aryl methyl sites for hydroxylation is 1. The van der Waals surface area contributed by atoms with Gasteiger partial charge in [0.1, 0.15) is 10.7 Å². The van der Waals surface area contributed by atoms with E-state index in [1.807, 2.05) is 64.1 Å². The Labute approximate surface area is 256 Å². The van der Waals surface area contributed by atoms with Crippen molar-refractivity contribution in [3.63, 3.8) is 0 Å². The van der Waals surface area contributed by atoms with Crippen molar-refractivity contribution in [2.75, 3.05) is 24.5 Å². The van der Waals surface area contributed by atoms with Crippen LogP contribution >= 0.6 is 22.9 Å². The minimum absolute atomic E-state index is 0.397. The van der Waals surface area contributed by atoms with E-state index in [1.165, 1.54) is 11.3 Å². The Morgan fingerprint density at radius 3 is 2.48 bits per heavy atom. The number of carboxylic acids is 1. The number of aromatic nitrogens is 3. The number of ether oxygens (including phenoxy) is 1. The highest BCUT2D eigenvalue weighted by atomic mass is 35.5. The Morgan fingerprint density at radius 2 is 1.86 bits per heavy atom. The van der Waals surface area contributed by atoms with Crippen LogP contribution in [0, 0.1) is 6.92 Å². The molecule has 222 valence electrons. The highest BCUT2D eigenvalue weighted by molar-refractivity contribution is 7.22. The van der Waals surface area contributed by atoms with Crippen LogP contribution in [0.15, 0.2) is 42.6 Å². The monoisotopic (exact) mass is 607 g/mol.